The normalized spacial score (nSPS) is 16.2. The van der Waals surface area contributed by atoms with E-state index in [2.05, 4.69) is 41.0 Å². The molecule has 2 aromatic carbocycles. The first-order valence-electron chi connectivity index (χ1n) is 8.42. The lowest BCUT2D eigenvalue weighted by Crippen LogP contribution is -2.45. The number of hydrogen-bond acceptors (Lipinski definition) is 3. The molecule has 0 unspecified atom stereocenters. The maximum atomic E-state index is 10.9. The zero-order valence-corrected chi connectivity index (χ0v) is 14.1. The fourth-order valence-electron chi connectivity index (χ4n) is 3.19. The van der Waals surface area contributed by atoms with Gasteiger partial charge < -0.3 is 5.11 Å². The second-order valence-corrected chi connectivity index (χ2v) is 6.54. The van der Waals surface area contributed by atoms with Crippen molar-refractivity contribution in [2.45, 2.75) is 20.0 Å². The van der Waals surface area contributed by atoms with Crippen molar-refractivity contribution in [3.8, 4) is 0 Å². The molecule has 126 valence electrons. The monoisotopic (exact) mass is 324 g/mol. The van der Waals surface area contributed by atoms with E-state index in [1.165, 1.54) is 16.7 Å². The van der Waals surface area contributed by atoms with E-state index in [1.54, 1.807) is 12.1 Å². The molecule has 0 atom stereocenters. The van der Waals surface area contributed by atoms with Crippen LogP contribution >= 0.6 is 0 Å². The number of piperazine rings is 1. The molecule has 0 radical (unpaired) electrons. The number of hydrogen-bond donors (Lipinski definition) is 1. The molecule has 1 aliphatic rings. The minimum Gasteiger partial charge on any atom is -0.478 e. The van der Waals surface area contributed by atoms with Crippen molar-refractivity contribution in [2.75, 3.05) is 26.2 Å². The topological polar surface area (TPSA) is 43.8 Å². The third-order valence-corrected chi connectivity index (χ3v) is 4.56. The molecule has 0 spiro atoms. The maximum Gasteiger partial charge on any atom is 0.335 e. The van der Waals surface area contributed by atoms with E-state index in [-0.39, 0.29) is 0 Å². The Labute approximate surface area is 143 Å². The van der Waals surface area contributed by atoms with Gasteiger partial charge in [0, 0.05) is 39.3 Å². The van der Waals surface area contributed by atoms with E-state index in [9.17, 15) is 4.79 Å². The number of aromatic carboxylic acids is 1. The zero-order valence-electron chi connectivity index (χ0n) is 14.1. The Balaban J connectivity index is 1.49. The Morgan fingerprint density at radius 1 is 0.917 bits per heavy atom. The molecule has 1 heterocycles. The summed E-state index contributed by atoms with van der Waals surface area (Å²) in [4.78, 5) is 15.8. The number of carboxylic acids is 1. The zero-order chi connectivity index (χ0) is 16.9. The summed E-state index contributed by atoms with van der Waals surface area (Å²) in [5.41, 5.74) is 4.22. The average Bonchev–Trinajstić information content (AvgIpc) is 2.57. The third kappa shape index (κ3) is 4.43. The molecule has 0 aromatic heterocycles. The number of aryl methyl sites for hydroxylation is 1. The van der Waals surface area contributed by atoms with Crippen molar-refractivity contribution in [1.82, 2.24) is 9.80 Å². The molecule has 1 aliphatic heterocycles. The lowest BCUT2D eigenvalue weighted by Gasteiger charge is -2.34. The van der Waals surface area contributed by atoms with Crippen molar-refractivity contribution in [3.05, 3.63) is 70.8 Å². The van der Waals surface area contributed by atoms with Gasteiger partial charge in [0.1, 0.15) is 0 Å². The molecule has 1 saturated heterocycles. The number of benzene rings is 2. The van der Waals surface area contributed by atoms with E-state index in [1.807, 2.05) is 12.1 Å². The fraction of sp³-hybridized carbons (Fsp3) is 0.350. The largest absolute Gasteiger partial charge is 0.478 e. The van der Waals surface area contributed by atoms with E-state index >= 15 is 0 Å². The van der Waals surface area contributed by atoms with Crippen LogP contribution in [0.4, 0.5) is 0 Å². The summed E-state index contributed by atoms with van der Waals surface area (Å²) in [6.07, 6.45) is 0. The second-order valence-electron chi connectivity index (χ2n) is 6.54. The molecule has 2 aromatic rings. The summed E-state index contributed by atoms with van der Waals surface area (Å²) in [6, 6.07) is 15.9. The average molecular weight is 324 g/mol. The predicted molar refractivity (Wildman–Crippen MR) is 95.1 cm³/mol. The van der Waals surface area contributed by atoms with E-state index in [0.29, 0.717) is 5.56 Å². The lowest BCUT2D eigenvalue weighted by atomic mass is 10.1. The molecule has 0 saturated carbocycles. The maximum absolute atomic E-state index is 10.9. The van der Waals surface area contributed by atoms with E-state index in [0.717, 1.165) is 39.3 Å². The summed E-state index contributed by atoms with van der Waals surface area (Å²) >= 11 is 0. The molecule has 1 fully saturated rings. The van der Waals surface area contributed by atoms with Crippen LogP contribution in [0.15, 0.2) is 48.5 Å². The summed E-state index contributed by atoms with van der Waals surface area (Å²) in [6.45, 7) is 8.28. The van der Waals surface area contributed by atoms with Gasteiger partial charge in [0.2, 0.25) is 0 Å². The van der Waals surface area contributed by atoms with Gasteiger partial charge in [-0.1, -0.05) is 42.0 Å². The Hall–Kier alpha value is -2.17. The van der Waals surface area contributed by atoms with Crippen LogP contribution in [-0.4, -0.2) is 47.1 Å². The van der Waals surface area contributed by atoms with Crippen LogP contribution in [0.5, 0.6) is 0 Å². The molecule has 0 aliphatic carbocycles. The standard InChI is InChI=1S/C20H24N2O2/c1-16-3-2-4-18(13-16)15-22-11-9-21(10-12-22)14-17-5-7-19(8-6-17)20(23)24/h2-8,13H,9-12,14-15H2,1H3,(H,23,24). The number of nitrogens with zero attached hydrogens (tertiary/aromatic N) is 2. The van der Waals surface area contributed by atoms with Gasteiger partial charge in [-0.25, -0.2) is 4.79 Å². The minimum atomic E-state index is -0.869. The summed E-state index contributed by atoms with van der Waals surface area (Å²) in [5, 5.41) is 8.95. The quantitative estimate of drug-likeness (QED) is 0.918. The van der Waals surface area contributed by atoms with Crippen LogP contribution in [0.1, 0.15) is 27.0 Å². The molecule has 3 rings (SSSR count). The van der Waals surface area contributed by atoms with Crippen LogP contribution < -0.4 is 0 Å². The fourth-order valence-corrected chi connectivity index (χ4v) is 3.19. The minimum absolute atomic E-state index is 0.349. The Kier molecular flexibility index (Phi) is 5.28. The van der Waals surface area contributed by atoms with Crippen LogP contribution in [0.3, 0.4) is 0 Å². The SMILES string of the molecule is Cc1cccc(CN2CCN(Cc3ccc(C(=O)O)cc3)CC2)c1. The van der Waals surface area contributed by atoms with Gasteiger partial charge in [0.05, 0.1) is 5.56 Å². The molecular formula is C20H24N2O2. The van der Waals surface area contributed by atoms with Crippen molar-refractivity contribution in [2.24, 2.45) is 0 Å². The second kappa shape index (κ2) is 7.60. The summed E-state index contributed by atoms with van der Waals surface area (Å²) < 4.78 is 0. The first-order chi connectivity index (χ1) is 11.6. The highest BCUT2D eigenvalue weighted by atomic mass is 16.4. The molecule has 0 bridgehead atoms. The van der Waals surface area contributed by atoms with Crippen molar-refractivity contribution >= 4 is 5.97 Å². The highest BCUT2D eigenvalue weighted by Gasteiger charge is 2.17. The first-order valence-corrected chi connectivity index (χ1v) is 8.42. The van der Waals surface area contributed by atoms with E-state index < -0.39 is 5.97 Å². The van der Waals surface area contributed by atoms with Crippen LogP contribution in [0.2, 0.25) is 0 Å². The van der Waals surface area contributed by atoms with Gasteiger partial charge in [0.15, 0.2) is 0 Å². The smallest absolute Gasteiger partial charge is 0.335 e. The molecule has 4 nitrogen and oxygen atoms in total. The van der Waals surface area contributed by atoms with Gasteiger partial charge >= 0.3 is 5.97 Å². The van der Waals surface area contributed by atoms with Crippen LogP contribution in [-0.2, 0) is 13.1 Å². The van der Waals surface area contributed by atoms with Gasteiger partial charge in [-0.2, -0.15) is 0 Å². The van der Waals surface area contributed by atoms with Crippen molar-refractivity contribution in [1.29, 1.82) is 0 Å². The van der Waals surface area contributed by atoms with Gasteiger partial charge in [-0.3, -0.25) is 9.80 Å². The molecular weight excluding hydrogens is 300 g/mol. The Morgan fingerprint density at radius 3 is 2.04 bits per heavy atom. The predicted octanol–water partition coefficient (Wildman–Crippen LogP) is 3.01. The van der Waals surface area contributed by atoms with Gasteiger partial charge in [0.25, 0.3) is 0 Å². The first kappa shape index (κ1) is 16.7. The Morgan fingerprint density at radius 2 is 1.50 bits per heavy atom. The third-order valence-electron chi connectivity index (χ3n) is 4.56. The van der Waals surface area contributed by atoms with E-state index in [4.69, 9.17) is 5.11 Å². The molecule has 24 heavy (non-hydrogen) atoms. The number of carbonyl (C=O) groups is 1. The number of rotatable bonds is 5. The highest BCUT2D eigenvalue weighted by molar-refractivity contribution is 5.87. The summed E-state index contributed by atoms with van der Waals surface area (Å²) in [7, 11) is 0. The van der Waals surface area contributed by atoms with Gasteiger partial charge in [-0.05, 0) is 30.2 Å². The Bertz CT molecular complexity index is 689. The molecule has 1 N–H and O–H groups in total. The van der Waals surface area contributed by atoms with Crippen LogP contribution in [0, 0.1) is 6.92 Å². The van der Waals surface area contributed by atoms with Gasteiger partial charge in [-0.15, -0.1) is 0 Å². The lowest BCUT2D eigenvalue weighted by molar-refractivity contribution is 0.0697. The van der Waals surface area contributed by atoms with Crippen molar-refractivity contribution in [3.63, 3.8) is 0 Å². The highest BCUT2D eigenvalue weighted by Crippen LogP contribution is 2.13. The van der Waals surface area contributed by atoms with Crippen LogP contribution in [0.25, 0.3) is 0 Å². The molecule has 0 amide bonds. The number of carboxylic acid groups (broad SMARTS) is 1. The molecule has 4 heteroatoms. The van der Waals surface area contributed by atoms with Crippen molar-refractivity contribution < 1.29 is 9.90 Å². The summed E-state index contributed by atoms with van der Waals surface area (Å²) in [5.74, 6) is -0.869.